The van der Waals surface area contributed by atoms with E-state index in [0.29, 0.717) is 44.1 Å². The Labute approximate surface area is 160 Å². The van der Waals surface area contributed by atoms with Crippen molar-refractivity contribution in [2.45, 2.75) is 19.9 Å². The molecule has 2 N–H and O–H groups in total. The van der Waals surface area contributed by atoms with Gasteiger partial charge < -0.3 is 10.6 Å². The molecule has 1 fully saturated rings. The number of benzene rings is 1. The maximum absolute atomic E-state index is 13.6. The number of guanidine groups is 1. The molecule has 1 aliphatic rings. The zero-order chi connectivity index (χ0) is 16.7. The molecule has 0 saturated carbocycles. The first-order valence-electron chi connectivity index (χ1n) is 7.76. The number of nitrogens with zero attached hydrogens (tertiary/aromatic N) is 2. The van der Waals surface area contributed by atoms with E-state index in [0.717, 1.165) is 0 Å². The lowest BCUT2D eigenvalue weighted by atomic mass is 10.2. The molecule has 0 radical (unpaired) electrons. The average molecular weight is 470 g/mol. The number of nitrogens with one attached hydrogen (secondary N) is 2. The molecule has 0 aliphatic carbocycles. The normalized spacial score (nSPS) is 17.3. The summed E-state index contributed by atoms with van der Waals surface area (Å²) in [5.41, 5.74) is 0.520. The molecule has 24 heavy (non-hydrogen) atoms. The molecule has 6 nitrogen and oxygen atoms in total. The van der Waals surface area contributed by atoms with E-state index in [1.165, 1.54) is 10.4 Å². The second kappa shape index (κ2) is 10.1. The Hall–Kier alpha value is -0.940. The molecule has 2 rings (SSSR count). The molecule has 0 amide bonds. The van der Waals surface area contributed by atoms with Crippen LogP contribution in [0, 0.1) is 5.82 Å². The summed E-state index contributed by atoms with van der Waals surface area (Å²) in [6.45, 7) is 4.28. The van der Waals surface area contributed by atoms with Crippen LogP contribution >= 0.6 is 24.0 Å². The van der Waals surface area contributed by atoms with Gasteiger partial charge >= 0.3 is 0 Å². The number of aliphatic imine (C=N–C) groups is 1. The summed E-state index contributed by atoms with van der Waals surface area (Å²) < 4.78 is 38.5. The lowest BCUT2D eigenvalue weighted by molar-refractivity contribution is 0.445. The second-order valence-electron chi connectivity index (χ2n) is 5.28. The van der Waals surface area contributed by atoms with Crippen molar-refractivity contribution >= 4 is 40.0 Å². The maximum atomic E-state index is 13.6. The molecule has 0 bridgehead atoms. The van der Waals surface area contributed by atoms with E-state index < -0.39 is 10.0 Å². The van der Waals surface area contributed by atoms with Crippen LogP contribution in [0.5, 0.6) is 0 Å². The van der Waals surface area contributed by atoms with Crippen molar-refractivity contribution in [3.05, 3.63) is 35.6 Å². The Kier molecular flexibility index (Phi) is 8.92. The summed E-state index contributed by atoms with van der Waals surface area (Å²) in [6, 6.07) is 6.51. The summed E-state index contributed by atoms with van der Waals surface area (Å²) in [6.07, 6.45) is 0.684. The van der Waals surface area contributed by atoms with Crippen molar-refractivity contribution in [2.24, 2.45) is 4.99 Å². The summed E-state index contributed by atoms with van der Waals surface area (Å²) in [5.74, 6) is 0.497. The molecule has 0 spiro atoms. The zero-order valence-electron chi connectivity index (χ0n) is 13.7. The monoisotopic (exact) mass is 470 g/mol. The van der Waals surface area contributed by atoms with Crippen LogP contribution in [-0.4, -0.2) is 50.6 Å². The van der Waals surface area contributed by atoms with Crippen LogP contribution in [0.1, 0.15) is 18.9 Å². The summed E-state index contributed by atoms with van der Waals surface area (Å²) in [4.78, 5) is 4.33. The number of rotatable bonds is 6. The highest BCUT2D eigenvalue weighted by Crippen LogP contribution is 2.11. The zero-order valence-corrected chi connectivity index (χ0v) is 16.8. The number of hydrogen-bond acceptors (Lipinski definition) is 3. The van der Waals surface area contributed by atoms with Gasteiger partial charge in [-0.15, -0.1) is 24.0 Å². The largest absolute Gasteiger partial charge is 0.357 e. The van der Waals surface area contributed by atoms with Crippen molar-refractivity contribution in [2.75, 3.05) is 31.9 Å². The Morgan fingerprint density at radius 1 is 1.33 bits per heavy atom. The number of halogens is 2. The van der Waals surface area contributed by atoms with Gasteiger partial charge in [-0.2, -0.15) is 0 Å². The van der Waals surface area contributed by atoms with E-state index in [9.17, 15) is 12.8 Å². The van der Waals surface area contributed by atoms with Gasteiger partial charge in [0.05, 0.1) is 12.3 Å². The lowest BCUT2D eigenvalue weighted by Gasteiger charge is -2.16. The van der Waals surface area contributed by atoms with Crippen molar-refractivity contribution in [3.8, 4) is 0 Å². The molecule has 136 valence electrons. The van der Waals surface area contributed by atoms with Crippen LogP contribution < -0.4 is 10.6 Å². The average Bonchev–Trinajstić information content (AvgIpc) is 2.85. The highest BCUT2D eigenvalue weighted by molar-refractivity contribution is 14.0. The van der Waals surface area contributed by atoms with E-state index in [-0.39, 0.29) is 42.1 Å². The quantitative estimate of drug-likeness (QED) is 0.376. The predicted molar refractivity (Wildman–Crippen MR) is 105 cm³/mol. The van der Waals surface area contributed by atoms with Crippen LogP contribution in [0.3, 0.4) is 0 Å². The summed E-state index contributed by atoms with van der Waals surface area (Å²) in [7, 11) is -3.07. The minimum absolute atomic E-state index is 0. The van der Waals surface area contributed by atoms with Crippen LogP contribution in [-0.2, 0) is 16.6 Å². The molecule has 0 aromatic heterocycles. The Morgan fingerprint density at radius 2 is 2.08 bits per heavy atom. The van der Waals surface area contributed by atoms with Gasteiger partial charge in [0.15, 0.2) is 5.96 Å². The van der Waals surface area contributed by atoms with Crippen LogP contribution in [0.15, 0.2) is 29.3 Å². The number of sulfonamides is 1. The van der Waals surface area contributed by atoms with Crippen molar-refractivity contribution in [1.82, 2.24) is 14.9 Å². The Morgan fingerprint density at radius 3 is 2.71 bits per heavy atom. The smallest absolute Gasteiger partial charge is 0.214 e. The second-order valence-corrected chi connectivity index (χ2v) is 7.37. The van der Waals surface area contributed by atoms with E-state index in [4.69, 9.17) is 0 Å². The van der Waals surface area contributed by atoms with Gasteiger partial charge in [-0.05, 0) is 19.4 Å². The molecule has 1 aliphatic heterocycles. The molecule has 0 atom stereocenters. The topological polar surface area (TPSA) is 73.8 Å². The Bertz CT molecular complexity index is 655. The molecule has 9 heteroatoms. The molecule has 1 heterocycles. The third kappa shape index (κ3) is 6.17. The molecular formula is C15H24FIN4O2S. The first kappa shape index (κ1) is 21.1. The van der Waals surface area contributed by atoms with Crippen molar-refractivity contribution < 1.29 is 12.8 Å². The van der Waals surface area contributed by atoms with Crippen LogP contribution in [0.2, 0.25) is 0 Å². The minimum atomic E-state index is -3.07. The molecule has 1 aromatic rings. The lowest BCUT2D eigenvalue weighted by Crippen LogP contribution is -2.42. The van der Waals surface area contributed by atoms with Gasteiger partial charge in [-0.3, -0.25) is 0 Å². The van der Waals surface area contributed by atoms with Gasteiger partial charge in [-0.1, -0.05) is 18.2 Å². The molecule has 1 saturated heterocycles. The van der Waals surface area contributed by atoms with E-state index in [1.807, 2.05) is 6.92 Å². The SMILES string of the molecule is CCNC(=NCc1ccccc1F)NCCN1CCCS1(=O)=O.I. The highest BCUT2D eigenvalue weighted by atomic mass is 127. The third-order valence-electron chi connectivity index (χ3n) is 3.57. The molecule has 0 unspecified atom stereocenters. The maximum Gasteiger partial charge on any atom is 0.214 e. The fourth-order valence-corrected chi connectivity index (χ4v) is 3.90. The molecule has 1 aromatic carbocycles. The van der Waals surface area contributed by atoms with Crippen LogP contribution in [0.4, 0.5) is 4.39 Å². The highest BCUT2D eigenvalue weighted by Gasteiger charge is 2.27. The first-order chi connectivity index (χ1) is 11.0. The van der Waals surface area contributed by atoms with Crippen molar-refractivity contribution in [3.63, 3.8) is 0 Å². The fourth-order valence-electron chi connectivity index (χ4n) is 2.37. The molecular weight excluding hydrogens is 446 g/mol. The predicted octanol–water partition coefficient (Wildman–Crippen LogP) is 1.53. The third-order valence-corrected chi connectivity index (χ3v) is 5.52. The standard InChI is InChI=1S/C15H23FN4O2S.HI/c1-2-17-15(19-12-13-6-3-4-7-14(13)16)18-8-10-20-9-5-11-23(20,21)22;/h3-4,6-7H,2,5,8-12H2,1H3,(H2,17,18,19);1H. The van der Waals surface area contributed by atoms with E-state index in [2.05, 4.69) is 15.6 Å². The van der Waals surface area contributed by atoms with Gasteiger partial charge in [0.2, 0.25) is 10.0 Å². The minimum Gasteiger partial charge on any atom is -0.357 e. The van der Waals surface area contributed by atoms with E-state index >= 15 is 0 Å². The van der Waals surface area contributed by atoms with Crippen LogP contribution in [0.25, 0.3) is 0 Å². The van der Waals surface area contributed by atoms with Gasteiger partial charge in [0.1, 0.15) is 5.82 Å². The first-order valence-corrected chi connectivity index (χ1v) is 9.37. The van der Waals surface area contributed by atoms with Gasteiger partial charge in [0.25, 0.3) is 0 Å². The van der Waals surface area contributed by atoms with Crippen molar-refractivity contribution in [1.29, 1.82) is 0 Å². The summed E-state index contributed by atoms with van der Waals surface area (Å²) >= 11 is 0. The number of hydrogen-bond donors (Lipinski definition) is 2. The van der Waals surface area contributed by atoms with E-state index in [1.54, 1.807) is 18.2 Å². The Balaban J connectivity index is 0.00000288. The fraction of sp³-hybridized carbons (Fsp3) is 0.533. The van der Waals surface area contributed by atoms with Gasteiger partial charge in [-0.25, -0.2) is 22.1 Å². The summed E-state index contributed by atoms with van der Waals surface area (Å²) in [5, 5.41) is 6.15. The van der Waals surface area contributed by atoms with Gasteiger partial charge in [0, 0.05) is 31.7 Å².